The van der Waals surface area contributed by atoms with E-state index < -0.39 is 46.4 Å². The van der Waals surface area contributed by atoms with Gasteiger partial charge < -0.3 is 19.5 Å². The third-order valence-corrected chi connectivity index (χ3v) is 3.33. The first-order valence-corrected chi connectivity index (χ1v) is 8.44. The van der Waals surface area contributed by atoms with E-state index in [-0.39, 0.29) is 45.5 Å². The number of hydrogen-bond acceptors (Lipinski definition) is 6. The third-order valence-electron chi connectivity index (χ3n) is 3.12. The van der Waals surface area contributed by atoms with Crippen LogP contribution in [0.5, 0.6) is 0 Å². The van der Waals surface area contributed by atoms with Crippen molar-refractivity contribution in [2.75, 3.05) is 45.5 Å². The summed E-state index contributed by atoms with van der Waals surface area (Å²) in [6.07, 6.45) is 0. The summed E-state index contributed by atoms with van der Waals surface area (Å²) in [7, 11) is 0. The Labute approximate surface area is 166 Å². The van der Waals surface area contributed by atoms with E-state index in [2.05, 4.69) is 14.8 Å². The van der Waals surface area contributed by atoms with Gasteiger partial charge in [0, 0.05) is 11.5 Å². The van der Waals surface area contributed by atoms with Crippen molar-refractivity contribution in [2.24, 2.45) is 5.11 Å². The zero-order chi connectivity index (χ0) is 21.8. The molecule has 0 bridgehead atoms. The molecule has 0 saturated carbocycles. The first-order chi connectivity index (χ1) is 13.8. The fraction of sp³-hybridized carbons (Fsp3) is 0.467. The minimum Gasteiger partial charge on any atom is -0.462 e. The molecule has 0 fully saturated rings. The molecule has 160 valence electrons. The van der Waals surface area contributed by atoms with Crippen LogP contribution in [0.3, 0.4) is 0 Å². The van der Waals surface area contributed by atoms with Crippen LogP contribution in [0.25, 0.3) is 10.4 Å². The quantitative estimate of drug-likeness (QED) is 0.0779. The molecule has 1 N–H and O–H groups in total. The number of azide groups is 1. The second-order valence-corrected chi connectivity index (χ2v) is 5.27. The molecular formula is C15H15ClF4N4O5. The number of nitrogens with zero attached hydrogens (tertiary/aromatic N) is 3. The van der Waals surface area contributed by atoms with E-state index in [0.29, 0.717) is 0 Å². The fourth-order valence-electron chi connectivity index (χ4n) is 1.85. The number of alkyl halides is 1. The maximum Gasteiger partial charge on any atom is 0.320 e. The summed E-state index contributed by atoms with van der Waals surface area (Å²) in [6.45, 7) is 0.0292. The number of benzene rings is 1. The van der Waals surface area contributed by atoms with Crippen LogP contribution >= 0.6 is 11.6 Å². The SMILES string of the molecule is [N-]=[N+]=Nc1c(F)c(F)c(C(=O)NCCOCCOCCOC(=O)CCl)c(F)c1F. The second kappa shape index (κ2) is 12.8. The van der Waals surface area contributed by atoms with Crippen molar-refractivity contribution >= 4 is 29.2 Å². The molecule has 1 aromatic carbocycles. The molecule has 0 aliphatic rings. The molecule has 29 heavy (non-hydrogen) atoms. The summed E-state index contributed by atoms with van der Waals surface area (Å²) in [5, 5.41) is 4.55. The summed E-state index contributed by atoms with van der Waals surface area (Å²) in [5.41, 5.74) is 5.15. The van der Waals surface area contributed by atoms with E-state index in [1.807, 2.05) is 5.32 Å². The summed E-state index contributed by atoms with van der Waals surface area (Å²) in [5.74, 6) is -10.2. The number of esters is 1. The van der Waals surface area contributed by atoms with Crippen molar-refractivity contribution in [3.8, 4) is 0 Å². The predicted octanol–water partition coefficient (Wildman–Crippen LogP) is 2.73. The Balaban J connectivity index is 2.39. The van der Waals surface area contributed by atoms with Crippen LogP contribution in [-0.2, 0) is 19.0 Å². The summed E-state index contributed by atoms with van der Waals surface area (Å²) >= 11 is 5.22. The molecule has 0 atom stereocenters. The smallest absolute Gasteiger partial charge is 0.320 e. The Morgan fingerprint density at radius 3 is 2.07 bits per heavy atom. The lowest BCUT2D eigenvalue weighted by Gasteiger charge is -2.10. The minimum absolute atomic E-state index is 0.0182. The molecule has 1 amide bonds. The van der Waals surface area contributed by atoms with Crippen molar-refractivity contribution in [3.63, 3.8) is 0 Å². The number of ether oxygens (including phenoxy) is 3. The van der Waals surface area contributed by atoms with Gasteiger partial charge in [-0.2, -0.15) is 0 Å². The fourth-order valence-corrected chi connectivity index (χ4v) is 1.93. The van der Waals surface area contributed by atoms with Crippen molar-refractivity contribution in [1.29, 1.82) is 0 Å². The van der Waals surface area contributed by atoms with Gasteiger partial charge >= 0.3 is 5.97 Å². The third kappa shape index (κ3) is 7.38. The molecular weight excluding hydrogens is 428 g/mol. The number of hydrogen-bond donors (Lipinski definition) is 1. The van der Waals surface area contributed by atoms with Crippen molar-refractivity contribution < 1.29 is 41.4 Å². The molecule has 0 unspecified atom stereocenters. The van der Waals surface area contributed by atoms with Crippen molar-refractivity contribution in [2.45, 2.75) is 0 Å². The number of halogens is 5. The van der Waals surface area contributed by atoms with Gasteiger partial charge in [0.05, 0.1) is 26.4 Å². The number of carbonyl (C=O) groups excluding carboxylic acids is 2. The van der Waals surface area contributed by atoms with E-state index in [4.69, 9.17) is 26.6 Å². The van der Waals surface area contributed by atoms with Gasteiger partial charge in [0.1, 0.15) is 23.7 Å². The second-order valence-electron chi connectivity index (χ2n) is 5.00. The highest BCUT2D eigenvalue weighted by Gasteiger charge is 2.28. The maximum absolute atomic E-state index is 13.8. The average molecular weight is 443 g/mol. The molecule has 9 nitrogen and oxygen atoms in total. The van der Waals surface area contributed by atoms with E-state index in [1.165, 1.54) is 0 Å². The predicted molar refractivity (Wildman–Crippen MR) is 90.7 cm³/mol. The molecule has 14 heteroatoms. The minimum atomic E-state index is -1.99. The molecule has 0 spiro atoms. The summed E-state index contributed by atoms with van der Waals surface area (Å²) < 4.78 is 69.7. The molecule has 0 saturated heterocycles. The van der Waals surface area contributed by atoms with E-state index >= 15 is 0 Å². The first-order valence-electron chi connectivity index (χ1n) is 7.91. The number of rotatable bonds is 12. The maximum atomic E-state index is 13.8. The standard InChI is InChI=1S/C15H15ClF4N4O5/c16-7-8(25)29-6-5-28-4-3-27-2-1-22-15(26)9-10(17)12(19)14(23-24-21)13(20)11(9)18/h1-7H2,(H,22,26). The molecule has 0 aliphatic carbocycles. The van der Waals surface area contributed by atoms with Crippen LogP contribution < -0.4 is 5.32 Å². The Bertz CT molecular complexity index is 763. The summed E-state index contributed by atoms with van der Waals surface area (Å²) in [4.78, 5) is 24.6. The number of carbonyl (C=O) groups is 2. The van der Waals surface area contributed by atoms with Crippen LogP contribution in [0.2, 0.25) is 0 Å². The Morgan fingerprint density at radius 2 is 1.52 bits per heavy atom. The largest absolute Gasteiger partial charge is 0.462 e. The zero-order valence-electron chi connectivity index (χ0n) is 14.7. The van der Waals surface area contributed by atoms with Crippen LogP contribution in [0.15, 0.2) is 5.11 Å². The van der Waals surface area contributed by atoms with Gasteiger partial charge in [-0.1, -0.05) is 5.11 Å². The highest BCUT2D eigenvalue weighted by atomic mass is 35.5. The molecule has 1 rings (SSSR count). The van der Waals surface area contributed by atoms with Gasteiger partial charge in [-0.25, -0.2) is 17.6 Å². The van der Waals surface area contributed by atoms with Gasteiger partial charge in [-0.15, -0.1) is 11.6 Å². The van der Waals surface area contributed by atoms with Crippen molar-refractivity contribution in [1.82, 2.24) is 5.32 Å². The van der Waals surface area contributed by atoms with Gasteiger partial charge in [0.2, 0.25) is 0 Å². The number of amides is 1. The lowest BCUT2D eigenvalue weighted by Crippen LogP contribution is -2.30. The van der Waals surface area contributed by atoms with Crippen LogP contribution in [-0.4, -0.2) is 57.3 Å². The van der Waals surface area contributed by atoms with E-state index in [1.54, 1.807) is 0 Å². The zero-order valence-corrected chi connectivity index (χ0v) is 15.5. The normalized spacial score (nSPS) is 10.4. The highest BCUT2D eigenvalue weighted by Crippen LogP contribution is 2.30. The van der Waals surface area contributed by atoms with E-state index in [0.717, 1.165) is 0 Å². The lowest BCUT2D eigenvalue weighted by molar-refractivity contribution is -0.142. The van der Waals surface area contributed by atoms with Gasteiger partial charge in [-0.3, -0.25) is 9.59 Å². The molecule has 0 aliphatic heterocycles. The first kappa shape index (κ1) is 24.4. The van der Waals surface area contributed by atoms with Crippen LogP contribution in [0.4, 0.5) is 23.2 Å². The lowest BCUT2D eigenvalue weighted by atomic mass is 10.1. The van der Waals surface area contributed by atoms with Crippen molar-refractivity contribution in [3.05, 3.63) is 39.3 Å². The Morgan fingerprint density at radius 1 is 0.966 bits per heavy atom. The molecule has 0 radical (unpaired) electrons. The van der Waals surface area contributed by atoms with Gasteiger partial charge in [0.15, 0.2) is 23.3 Å². The summed E-state index contributed by atoms with van der Waals surface area (Å²) in [6, 6.07) is 0. The van der Waals surface area contributed by atoms with E-state index in [9.17, 15) is 27.2 Å². The molecule has 1 aromatic rings. The molecule has 0 heterocycles. The Hall–Kier alpha value is -2.60. The molecule has 0 aromatic heterocycles. The highest BCUT2D eigenvalue weighted by molar-refractivity contribution is 6.26. The monoisotopic (exact) mass is 442 g/mol. The average Bonchev–Trinajstić information content (AvgIpc) is 2.71. The van der Waals surface area contributed by atoms with Crippen LogP contribution in [0.1, 0.15) is 10.4 Å². The van der Waals surface area contributed by atoms with Crippen LogP contribution in [0, 0.1) is 23.3 Å². The van der Waals surface area contributed by atoms with Gasteiger partial charge in [-0.05, 0) is 5.53 Å². The van der Waals surface area contributed by atoms with Gasteiger partial charge in [0.25, 0.3) is 5.91 Å². The number of nitrogens with one attached hydrogen (secondary N) is 1. The Kier molecular flexibility index (Phi) is 10.8. The topological polar surface area (TPSA) is 123 Å².